The lowest BCUT2D eigenvalue weighted by atomic mass is 9.97. The molecule has 0 saturated carbocycles. The molecule has 1 unspecified atom stereocenters. The third kappa shape index (κ3) is 2.39. The van der Waals surface area contributed by atoms with Crippen LogP contribution in [0.25, 0.3) is 0 Å². The monoisotopic (exact) mass is 223 g/mol. The molecule has 1 aliphatic heterocycles. The lowest BCUT2D eigenvalue weighted by molar-refractivity contribution is 0.348. The Labute approximate surface area is 95.5 Å². The van der Waals surface area contributed by atoms with Crippen LogP contribution in [0.4, 0.5) is 4.39 Å². The van der Waals surface area contributed by atoms with Crippen molar-refractivity contribution in [3.8, 4) is 0 Å². The van der Waals surface area contributed by atoms with Crippen LogP contribution in [0.3, 0.4) is 0 Å². The van der Waals surface area contributed by atoms with Crippen LogP contribution in [0.5, 0.6) is 0 Å². The summed E-state index contributed by atoms with van der Waals surface area (Å²) in [4.78, 5) is 3.74. The SMILES string of the molecule is CC1(C)NCCC1NCc1ccncc1F. The number of nitrogens with zero attached hydrogens (tertiary/aromatic N) is 1. The Balaban J connectivity index is 1.95. The van der Waals surface area contributed by atoms with Gasteiger partial charge < -0.3 is 10.6 Å². The van der Waals surface area contributed by atoms with Crippen LogP contribution in [-0.4, -0.2) is 23.1 Å². The highest BCUT2D eigenvalue weighted by Crippen LogP contribution is 2.19. The predicted octanol–water partition coefficient (Wildman–Crippen LogP) is 1.45. The highest BCUT2D eigenvalue weighted by molar-refractivity contribution is 5.13. The lowest BCUT2D eigenvalue weighted by Gasteiger charge is -2.28. The fourth-order valence-electron chi connectivity index (χ4n) is 2.16. The maximum Gasteiger partial charge on any atom is 0.145 e. The van der Waals surface area contributed by atoms with E-state index >= 15 is 0 Å². The van der Waals surface area contributed by atoms with Gasteiger partial charge in [-0.25, -0.2) is 4.39 Å². The molecule has 1 aromatic rings. The summed E-state index contributed by atoms with van der Waals surface area (Å²) < 4.78 is 13.3. The molecule has 0 aliphatic carbocycles. The van der Waals surface area contributed by atoms with Crippen molar-refractivity contribution >= 4 is 0 Å². The molecule has 0 spiro atoms. The molecule has 1 atom stereocenters. The summed E-state index contributed by atoms with van der Waals surface area (Å²) in [7, 11) is 0. The molecule has 0 amide bonds. The van der Waals surface area contributed by atoms with Gasteiger partial charge in [0.15, 0.2) is 0 Å². The van der Waals surface area contributed by atoms with Crippen LogP contribution < -0.4 is 10.6 Å². The second-order valence-corrected chi connectivity index (χ2v) is 4.84. The van der Waals surface area contributed by atoms with E-state index in [4.69, 9.17) is 0 Å². The molecule has 1 saturated heterocycles. The van der Waals surface area contributed by atoms with E-state index in [0.717, 1.165) is 13.0 Å². The molecule has 0 radical (unpaired) electrons. The third-order valence-corrected chi connectivity index (χ3v) is 3.28. The highest BCUT2D eigenvalue weighted by atomic mass is 19.1. The van der Waals surface area contributed by atoms with Crippen molar-refractivity contribution in [3.63, 3.8) is 0 Å². The first kappa shape index (κ1) is 11.5. The summed E-state index contributed by atoms with van der Waals surface area (Å²) in [5, 5.41) is 6.83. The molecule has 1 fully saturated rings. The second kappa shape index (κ2) is 4.47. The topological polar surface area (TPSA) is 37.0 Å². The summed E-state index contributed by atoms with van der Waals surface area (Å²) in [5.41, 5.74) is 0.765. The van der Waals surface area contributed by atoms with Gasteiger partial charge in [0.1, 0.15) is 5.82 Å². The van der Waals surface area contributed by atoms with Crippen LogP contribution in [0, 0.1) is 5.82 Å². The Hall–Kier alpha value is -1.00. The van der Waals surface area contributed by atoms with Gasteiger partial charge in [0, 0.05) is 29.9 Å². The Bertz CT molecular complexity index is 365. The highest BCUT2D eigenvalue weighted by Gasteiger charge is 2.33. The van der Waals surface area contributed by atoms with Crippen LogP contribution in [0.1, 0.15) is 25.8 Å². The number of rotatable bonds is 3. The van der Waals surface area contributed by atoms with E-state index < -0.39 is 0 Å². The molecule has 3 nitrogen and oxygen atoms in total. The van der Waals surface area contributed by atoms with Crippen molar-refractivity contribution in [1.29, 1.82) is 0 Å². The lowest BCUT2D eigenvalue weighted by Crippen LogP contribution is -2.48. The van der Waals surface area contributed by atoms with E-state index in [9.17, 15) is 4.39 Å². The zero-order chi connectivity index (χ0) is 11.6. The quantitative estimate of drug-likeness (QED) is 0.814. The molecule has 88 valence electrons. The number of halogens is 1. The zero-order valence-electron chi connectivity index (χ0n) is 9.76. The van der Waals surface area contributed by atoms with E-state index in [2.05, 4.69) is 29.5 Å². The van der Waals surface area contributed by atoms with Gasteiger partial charge in [-0.3, -0.25) is 4.98 Å². The average molecular weight is 223 g/mol. The van der Waals surface area contributed by atoms with Crippen LogP contribution >= 0.6 is 0 Å². The van der Waals surface area contributed by atoms with Crippen molar-refractivity contribution < 1.29 is 4.39 Å². The Kier molecular flexibility index (Phi) is 3.21. The van der Waals surface area contributed by atoms with Gasteiger partial charge in [-0.1, -0.05) is 0 Å². The molecular formula is C12H18FN3. The number of pyridine rings is 1. The van der Waals surface area contributed by atoms with E-state index in [0.29, 0.717) is 18.2 Å². The first-order valence-corrected chi connectivity index (χ1v) is 5.66. The standard InChI is InChI=1S/C12H18FN3/c1-12(2)11(4-6-16-12)15-7-9-3-5-14-8-10(9)13/h3,5,8,11,15-16H,4,6-7H2,1-2H3. The Morgan fingerprint density at radius 3 is 3.06 bits per heavy atom. The van der Waals surface area contributed by atoms with Crippen LogP contribution in [0.15, 0.2) is 18.5 Å². The molecule has 1 aliphatic rings. The Morgan fingerprint density at radius 2 is 2.44 bits per heavy atom. The van der Waals surface area contributed by atoms with Crippen molar-refractivity contribution in [3.05, 3.63) is 29.8 Å². The number of nitrogens with one attached hydrogen (secondary N) is 2. The van der Waals surface area contributed by atoms with E-state index in [1.54, 1.807) is 12.3 Å². The molecule has 4 heteroatoms. The Morgan fingerprint density at radius 1 is 1.62 bits per heavy atom. The maximum atomic E-state index is 13.3. The fraction of sp³-hybridized carbons (Fsp3) is 0.583. The number of hydrogen-bond donors (Lipinski definition) is 2. The molecule has 2 rings (SSSR count). The largest absolute Gasteiger partial charge is 0.310 e. The first-order chi connectivity index (χ1) is 7.59. The van der Waals surface area contributed by atoms with Crippen molar-refractivity contribution in [2.75, 3.05) is 6.54 Å². The van der Waals surface area contributed by atoms with Gasteiger partial charge in [-0.15, -0.1) is 0 Å². The smallest absolute Gasteiger partial charge is 0.145 e. The summed E-state index contributed by atoms with van der Waals surface area (Å²) in [6, 6.07) is 2.11. The van der Waals surface area contributed by atoms with Gasteiger partial charge >= 0.3 is 0 Å². The summed E-state index contributed by atoms with van der Waals surface area (Å²) in [6.07, 6.45) is 3.97. The second-order valence-electron chi connectivity index (χ2n) is 4.84. The summed E-state index contributed by atoms with van der Waals surface area (Å²) in [5.74, 6) is -0.237. The minimum Gasteiger partial charge on any atom is -0.310 e. The maximum absolute atomic E-state index is 13.3. The van der Waals surface area contributed by atoms with Crippen LogP contribution in [0.2, 0.25) is 0 Å². The van der Waals surface area contributed by atoms with E-state index in [1.807, 2.05) is 0 Å². The van der Waals surface area contributed by atoms with Gasteiger partial charge in [-0.05, 0) is 32.9 Å². The van der Waals surface area contributed by atoms with E-state index in [1.165, 1.54) is 6.20 Å². The van der Waals surface area contributed by atoms with Gasteiger partial charge in [0.25, 0.3) is 0 Å². The van der Waals surface area contributed by atoms with Crippen molar-refractivity contribution in [2.45, 2.75) is 38.4 Å². The molecule has 0 bridgehead atoms. The summed E-state index contributed by atoms with van der Waals surface area (Å²) in [6.45, 7) is 5.91. The van der Waals surface area contributed by atoms with Gasteiger partial charge in [0.05, 0.1) is 6.20 Å². The molecule has 16 heavy (non-hydrogen) atoms. The molecular weight excluding hydrogens is 205 g/mol. The number of hydrogen-bond acceptors (Lipinski definition) is 3. The van der Waals surface area contributed by atoms with Gasteiger partial charge in [-0.2, -0.15) is 0 Å². The molecule has 0 aromatic carbocycles. The minimum absolute atomic E-state index is 0.0868. The van der Waals surface area contributed by atoms with Gasteiger partial charge in [0.2, 0.25) is 0 Å². The van der Waals surface area contributed by atoms with Crippen molar-refractivity contribution in [1.82, 2.24) is 15.6 Å². The van der Waals surface area contributed by atoms with E-state index in [-0.39, 0.29) is 11.4 Å². The summed E-state index contributed by atoms with van der Waals surface area (Å²) >= 11 is 0. The fourth-order valence-corrected chi connectivity index (χ4v) is 2.16. The third-order valence-electron chi connectivity index (χ3n) is 3.28. The molecule has 1 aromatic heterocycles. The predicted molar refractivity (Wildman–Crippen MR) is 61.5 cm³/mol. The average Bonchev–Trinajstić information content (AvgIpc) is 2.57. The first-order valence-electron chi connectivity index (χ1n) is 5.66. The normalized spacial score (nSPS) is 23.6. The minimum atomic E-state index is -0.237. The molecule has 2 N–H and O–H groups in total. The van der Waals surface area contributed by atoms with Crippen molar-refractivity contribution in [2.24, 2.45) is 0 Å². The zero-order valence-corrected chi connectivity index (χ0v) is 9.76. The number of aromatic nitrogens is 1. The molecule has 2 heterocycles. The van der Waals surface area contributed by atoms with Crippen LogP contribution in [-0.2, 0) is 6.54 Å².